The molecule has 0 radical (unpaired) electrons. The minimum Gasteiger partial charge on any atom is -0.393 e. The highest BCUT2D eigenvalue weighted by atomic mass is 127. The quantitative estimate of drug-likeness (QED) is 0.369. The van der Waals surface area contributed by atoms with Gasteiger partial charge in [-0.25, -0.2) is 0 Å². The summed E-state index contributed by atoms with van der Waals surface area (Å²) in [5.41, 5.74) is 2.57. The molecule has 1 aliphatic rings. The zero-order valence-corrected chi connectivity index (χ0v) is 17.3. The number of halogens is 1. The summed E-state index contributed by atoms with van der Waals surface area (Å²) >= 11 is 0. The Bertz CT molecular complexity index is 496. The summed E-state index contributed by atoms with van der Waals surface area (Å²) in [7, 11) is 1.79. The molecule has 0 saturated carbocycles. The summed E-state index contributed by atoms with van der Waals surface area (Å²) in [6.45, 7) is 7.91. The molecule has 6 heteroatoms. The molecule has 1 aliphatic heterocycles. The first-order chi connectivity index (χ1) is 11.1. The zero-order chi connectivity index (χ0) is 16.7. The molecule has 0 aliphatic carbocycles. The molecule has 1 heterocycles. The summed E-state index contributed by atoms with van der Waals surface area (Å²) in [5, 5.41) is 16.2. The highest BCUT2D eigenvalue weighted by molar-refractivity contribution is 14.0. The van der Waals surface area contributed by atoms with Gasteiger partial charge < -0.3 is 15.7 Å². The fourth-order valence-electron chi connectivity index (χ4n) is 2.75. The first-order valence-electron chi connectivity index (χ1n) is 8.52. The van der Waals surface area contributed by atoms with Gasteiger partial charge in [0.05, 0.1) is 6.10 Å². The number of likely N-dealkylation sites (tertiary alicyclic amines) is 1. The van der Waals surface area contributed by atoms with E-state index in [4.69, 9.17) is 0 Å². The van der Waals surface area contributed by atoms with Gasteiger partial charge in [0.2, 0.25) is 0 Å². The first-order valence-corrected chi connectivity index (χ1v) is 8.52. The second kappa shape index (κ2) is 10.9. The van der Waals surface area contributed by atoms with Crippen LogP contribution in [0.5, 0.6) is 0 Å². The van der Waals surface area contributed by atoms with Crippen molar-refractivity contribution in [1.29, 1.82) is 0 Å². The van der Waals surface area contributed by atoms with Gasteiger partial charge in [0.25, 0.3) is 0 Å². The molecule has 1 fully saturated rings. The van der Waals surface area contributed by atoms with Crippen LogP contribution in [0.15, 0.2) is 29.3 Å². The number of guanidine groups is 1. The van der Waals surface area contributed by atoms with Crippen molar-refractivity contribution in [3.63, 3.8) is 0 Å². The topological polar surface area (TPSA) is 59.9 Å². The molecule has 0 spiro atoms. The zero-order valence-electron chi connectivity index (χ0n) is 15.0. The van der Waals surface area contributed by atoms with Gasteiger partial charge in [-0.2, -0.15) is 0 Å². The number of benzene rings is 1. The SMILES string of the molecule is CN=C(NCc1ccc(CN2CCC(O)CC2)cc1)NC(C)C.I. The van der Waals surface area contributed by atoms with E-state index in [1.807, 2.05) is 0 Å². The molecule has 0 atom stereocenters. The Morgan fingerprint density at radius 1 is 1.21 bits per heavy atom. The first kappa shape index (κ1) is 21.2. The third kappa shape index (κ3) is 7.36. The molecule has 0 unspecified atom stereocenters. The van der Waals surface area contributed by atoms with E-state index in [9.17, 15) is 5.11 Å². The Labute approximate surface area is 162 Å². The molecular formula is C18H31IN4O. The van der Waals surface area contributed by atoms with Gasteiger partial charge in [0.1, 0.15) is 0 Å². The van der Waals surface area contributed by atoms with E-state index in [2.05, 4.69) is 58.6 Å². The van der Waals surface area contributed by atoms with Gasteiger partial charge in [-0.15, -0.1) is 24.0 Å². The standard InChI is InChI=1S/C18H30N4O.HI/c1-14(2)21-18(19-3)20-12-15-4-6-16(7-5-15)13-22-10-8-17(23)9-11-22;/h4-7,14,17,23H,8-13H2,1-3H3,(H2,19,20,21);1H. The smallest absolute Gasteiger partial charge is 0.191 e. The van der Waals surface area contributed by atoms with E-state index in [0.29, 0.717) is 6.04 Å². The van der Waals surface area contributed by atoms with Gasteiger partial charge >= 0.3 is 0 Å². The molecule has 0 bridgehead atoms. The largest absolute Gasteiger partial charge is 0.393 e. The predicted octanol–water partition coefficient (Wildman–Crippen LogP) is 2.33. The molecular weight excluding hydrogens is 415 g/mol. The number of aliphatic imine (C=N–C) groups is 1. The molecule has 0 aromatic heterocycles. The summed E-state index contributed by atoms with van der Waals surface area (Å²) in [6.07, 6.45) is 1.68. The number of hydrogen-bond acceptors (Lipinski definition) is 3. The number of hydrogen-bond donors (Lipinski definition) is 3. The molecule has 24 heavy (non-hydrogen) atoms. The third-order valence-electron chi connectivity index (χ3n) is 4.10. The second-order valence-electron chi connectivity index (χ2n) is 6.55. The predicted molar refractivity (Wildman–Crippen MR) is 111 cm³/mol. The number of nitrogens with zero attached hydrogens (tertiary/aromatic N) is 2. The maximum absolute atomic E-state index is 9.56. The van der Waals surface area contributed by atoms with Crippen molar-refractivity contribution in [3.8, 4) is 0 Å². The van der Waals surface area contributed by atoms with E-state index >= 15 is 0 Å². The molecule has 5 nitrogen and oxygen atoms in total. The van der Waals surface area contributed by atoms with Gasteiger partial charge in [0.15, 0.2) is 5.96 Å². The number of nitrogens with one attached hydrogen (secondary N) is 2. The van der Waals surface area contributed by atoms with Crippen LogP contribution in [0.25, 0.3) is 0 Å². The van der Waals surface area contributed by atoms with Crippen LogP contribution in [0, 0.1) is 0 Å². The van der Waals surface area contributed by atoms with Crippen molar-refractivity contribution < 1.29 is 5.11 Å². The minimum absolute atomic E-state index is 0. The normalized spacial score (nSPS) is 16.8. The van der Waals surface area contributed by atoms with Crippen LogP contribution in [0.3, 0.4) is 0 Å². The highest BCUT2D eigenvalue weighted by Crippen LogP contribution is 2.14. The lowest BCUT2D eigenvalue weighted by molar-refractivity contribution is 0.0792. The number of piperidine rings is 1. The van der Waals surface area contributed by atoms with Crippen LogP contribution in [0.4, 0.5) is 0 Å². The van der Waals surface area contributed by atoms with Gasteiger partial charge in [-0.05, 0) is 37.8 Å². The van der Waals surface area contributed by atoms with Crippen molar-refractivity contribution in [2.75, 3.05) is 20.1 Å². The average molecular weight is 446 g/mol. The Kier molecular flexibility index (Phi) is 9.61. The summed E-state index contributed by atoms with van der Waals surface area (Å²) in [5.74, 6) is 0.830. The van der Waals surface area contributed by atoms with E-state index in [1.165, 1.54) is 11.1 Å². The van der Waals surface area contributed by atoms with E-state index in [-0.39, 0.29) is 30.1 Å². The van der Waals surface area contributed by atoms with Crippen LogP contribution in [0.1, 0.15) is 37.8 Å². The summed E-state index contributed by atoms with van der Waals surface area (Å²) in [6, 6.07) is 9.10. The van der Waals surface area contributed by atoms with Crippen molar-refractivity contribution in [1.82, 2.24) is 15.5 Å². The van der Waals surface area contributed by atoms with Crippen molar-refractivity contribution in [3.05, 3.63) is 35.4 Å². The third-order valence-corrected chi connectivity index (χ3v) is 4.10. The fourth-order valence-corrected chi connectivity index (χ4v) is 2.75. The van der Waals surface area contributed by atoms with Crippen LogP contribution in [-0.2, 0) is 13.1 Å². The maximum Gasteiger partial charge on any atom is 0.191 e. The highest BCUT2D eigenvalue weighted by Gasteiger charge is 2.16. The van der Waals surface area contributed by atoms with Gasteiger partial charge in [0, 0.05) is 39.3 Å². The molecule has 1 aromatic rings. The monoisotopic (exact) mass is 446 g/mol. The Hall–Kier alpha value is -0.860. The van der Waals surface area contributed by atoms with Crippen LogP contribution in [-0.4, -0.2) is 48.2 Å². The van der Waals surface area contributed by atoms with Crippen LogP contribution >= 0.6 is 24.0 Å². The average Bonchev–Trinajstić information content (AvgIpc) is 2.54. The van der Waals surface area contributed by atoms with E-state index < -0.39 is 0 Å². The number of aliphatic hydroxyl groups excluding tert-OH is 1. The molecule has 2 rings (SSSR count). The van der Waals surface area contributed by atoms with Crippen molar-refractivity contribution >= 4 is 29.9 Å². The lowest BCUT2D eigenvalue weighted by Gasteiger charge is -2.29. The van der Waals surface area contributed by atoms with Gasteiger partial charge in [-0.1, -0.05) is 24.3 Å². The van der Waals surface area contributed by atoms with Crippen molar-refractivity contribution in [2.24, 2.45) is 4.99 Å². The van der Waals surface area contributed by atoms with Crippen LogP contribution < -0.4 is 10.6 Å². The maximum atomic E-state index is 9.56. The van der Waals surface area contributed by atoms with Gasteiger partial charge in [-0.3, -0.25) is 9.89 Å². The lowest BCUT2D eigenvalue weighted by atomic mass is 10.1. The lowest BCUT2D eigenvalue weighted by Crippen LogP contribution is -2.40. The number of rotatable bonds is 5. The molecule has 136 valence electrons. The van der Waals surface area contributed by atoms with E-state index in [1.54, 1.807) is 7.05 Å². The number of aliphatic hydroxyl groups is 1. The fraction of sp³-hybridized carbons (Fsp3) is 0.611. The molecule has 3 N–H and O–H groups in total. The Morgan fingerprint density at radius 3 is 2.33 bits per heavy atom. The second-order valence-corrected chi connectivity index (χ2v) is 6.55. The van der Waals surface area contributed by atoms with E-state index in [0.717, 1.165) is 45.0 Å². The molecule has 0 amide bonds. The summed E-state index contributed by atoms with van der Waals surface area (Å²) < 4.78 is 0. The molecule has 1 saturated heterocycles. The molecule has 1 aromatic carbocycles. The summed E-state index contributed by atoms with van der Waals surface area (Å²) in [4.78, 5) is 6.62. The van der Waals surface area contributed by atoms with Crippen LogP contribution in [0.2, 0.25) is 0 Å². The minimum atomic E-state index is -0.103. The Balaban J connectivity index is 0.00000288. The van der Waals surface area contributed by atoms with Crippen molar-refractivity contribution in [2.45, 2.75) is 51.9 Å². The Morgan fingerprint density at radius 2 is 1.79 bits per heavy atom.